The van der Waals surface area contributed by atoms with E-state index >= 15 is 0 Å². The molecule has 44 heavy (non-hydrogen) atoms. The molecule has 2 aromatic rings. The zero-order valence-corrected chi connectivity index (χ0v) is 25.6. The van der Waals surface area contributed by atoms with Crippen LogP contribution in [0.1, 0.15) is 57.8 Å². The summed E-state index contributed by atoms with van der Waals surface area (Å²) in [6.07, 6.45) is 3.49. The fraction of sp³-hybridized carbons (Fsp3) is 0.531. The smallest absolute Gasteiger partial charge is 0.321 e. The van der Waals surface area contributed by atoms with Gasteiger partial charge in [0, 0.05) is 11.9 Å². The molecule has 3 aliphatic rings. The van der Waals surface area contributed by atoms with Crippen LogP contribution >= 0.6 is 0 Å². The van der Waals surface area contributed by atoms with Crippen molar-refractivity contribution in [2.45, 2.75) is 64.8 Å². The van der Waals surface area contributed by atoms with E-state index in [1.165, 1.54) is 5.01 Å². The van der Waals surface area contributed by atoms with Crippen LogP contribution in [0.2, 0.25) is 0 Å². The third-order valence-electron chi connectivity index (χ3n) is 8.23. The zero-order chi connectivity index (χ0) is 31.4. The summed E-state index contributed by atoms with van der Waals surface area (Å²) in [6, 6.07) is 7.63. The molecule has 1 aromatic carbocycles. The number of hydrazine groups is 1. The monoisotopic (exact) mass is 607 g/mol. The Morgan fingerprint density at radius 1 is 0.955 bits per heavy atom. The molecule has 2 saturated heterocycles. The predicted octanol–water partition coefficient (Wildman–Crippen LogP) is 2.04. The average molecular weight is 608 g/mol. The second kappa shape index (κ2) is 13.4. The minimum absolute atomic E-state index is 0.0125. The normalized spacial score (nSPS) is 27.9. The van der Waals surface area contributed by atoms with Gasteiger partial charge >= 0.3 is 5.97 Å². The summed E-state index contributed by atoms with van der Waals surface area (Å²) < 4.78 is 17.4. The van der Waals surface area contributed by atoms with Crippen molar-refractivity contribution in [2.75, 3.05) is 33.0 Å². The molecule has 3 aliphatic heterocycles. The second-order valence-electron chi connectivity index (χ2n) is 12.1. The summed E-state index contributed by atoms with van der Waals surface area (Å²) >= 11 is 0. The molecule has 0 unspecified atom stereocenters. The number of ether oxygens (including phenoxy) is 3. The Kier molecular flexibility index (Phi) is 9.62. The van der Waals surface area contributed by atoms with E-state index in [4.69, 9.17) is 19.2 Å². The first kappa shape index (κ1) is 31.6. The van der Waals surface area contributed by atoms with Crippen molar-refractivity contribution in [3.05, 3.63) is 47.7 Å². The third-order valence-corrected chi connectivity index (χ3v) is 8.23. The number of nitrogens with one attached hydrogen (secondary N) is 3. The maximum absolute atomic E-state index is 13.8. The first-order valence-electron chi connectivity index (χ1n) is 15.2. The summed E-state index contributed by atoms with van der Waals surface area (Å²) in [5.41, 5.74) is 3.92. The summed E-state index contributed by atoms with van der Waals surface area (Å²) in [5.74, 6) is -2.29. The number of benzene rings is 1. The highest BCUT2D eigenvalue weighted by molar-refractivity contribution is 5.92. The Morgan fingerprint density at radius 2 is 1.66 bits per heavy atom. The van der Waals surface area contributed by atoms with Gasteiger partial charge in [0.1, 0.15) is 17.5 Å². The maximum Gasteiger partial charge on any atom is 0.321 e. The molecular formula is C32H41N5O7. The van der Waals surface area contributed by atoms with E-state index in [2.05, 4.69) is 16.1 Å². The van der Waals surface area contributed by atoms with Crippen molar-refractivity contribution in [2.24, 2.45) is 11.3 Å². The van der Waals surface area contributed by atoms with Crippen LogP contribution in [-0.4, -0.2) is 84.8 Å². The molecule has 1 aromatic heterocycles. The standard InChI is InChI=1S/C32H41N5O7/c1-19(2)27-29(39)34-21(4)30(40)37-13-5-6-25(36-37)28(38)33-20(3)24-10-9-23-8-7-22(16-26(23)35-24)11-12-32(31(41)44-27)17-42-14-15-43-18-32/h7-12,16,19-21,25,27,36H,5-6,13-15,17-18H2,1-4H3,(H,33,38)(H,34,39)/b12-11+/t20-,21+,25+,27+/m1/s1. The molecule has 0 saturated carbocycles. The van der Waals surface area contributed by atoms with Crippen LogP contribution in [0.15, 0.2) is 36.4 Å². The summed E-state index contributed by atoms with van der Waals surface area (Å²) in [6.45, 7) is 8.00. The summed E-state index contributed by atoms with van der Waals surface area (Å²) in [7, 11) is 0. The number of carbonyl (C=O) groups is 4. The lowest BCUT2D eigenvalue weighted by Gasteiger charge is -2.35. The van der Waals surface area contributed by atoms with Crippen molar-refractivity contribution in [1.82, 2.24) is 26.1 Å². The molecule has 4 atom stereocenters. The van der Waals surface area contributed by atoms with Gasteiger partial charge in [0.05, 0.1) is 43.7 Å². The van der Waals surface area contributed by atoms with Gasteiger partial charge in [0.15, 0.2) is 6.10 Å². The van der Waals surface area contributed by atoms with E-state index in [9.17, 15) is 19.2 Å². The number of hydrogen-bond acceptors (Lipinski definition) is 9. The molecule has 0 aliphatic carbocycles. The average Bonchev–Trinajstić information content (AvgIpc) is 3.27. The van der Waals surface area contributed by atoms with Crippen molar-refractivity contribution < 1.29 is 33.4 Å². The Bertz CT molecular complexity index is 1440. The van der Waals surface area contributed by atoms with Gasteiger partial charge in [-0.2, -0.15) is 0 Å². The lowest BCUT2D eigenvalue weighted by atomic mass is 9.88. The Hall–Kier alpha value is -3.87. The molecule has 236 valence electrons. The van der Waals surface area contributed by atoms with E-state index in [-0.39, 0.29) is 25.0 Å². The van der Waals surface area contributed by atoms with E-state index in [0.29, 0.717) is 38.3 Å². The topological polar surface area (TPSA) is 148 Å². The van der Waals surface area contributed by atoms with Gasteiger partial charge in [0.2, 0.25) is 5.91 Å². The van der Waals surface area contributed by atoms with Gasteiger partial charge in [-0.3, -0.25) is 29.2 Å². The van der Waals surface area contributed by atoms with Gasteiger partial charge in [-0.25, -0.2) is 5.43 Å². The molecule has 5 rings (SSSR count). The molecule has 5 bridgehead atoms. The molecule has 0 radical (unpaired) electrons. The minimum atomic E-state index is -1.31. The fourth-order valence-electron chi connectivity index (χ4n) is 5.54. The van der Waals surface area contributed by atoms with Crippen LogP contribution in [0.5, 0.6) is 0 Å². The molecular weight excluding hydrogens is 566 g/mol. The maximum atomic E-state index is 13.8. The molecule has 12 nitrogen and oxygen atoms in total. The number of amides is 3. The van der Waals surface area contributed by atoms with Crippen molar-refractivity contribution in [1.29, 1.82) is 0 Å². The number of esters is 1. The van der Waals surface area contributed by atoms with E-state index in [1.807, 2.05) is 37.3 Å². The Morgan fingerprint density at radius 3 is 2.39 bits per heavy atom. The molecule has 3 N–H and O–H groups in total. The van der Waals surface area contributed by atoms with Crippen molar-refractivity contribution in [3.8, 4) is 0 Å². The first-order valence-corrected chi connectivity index (χ1v) is 15.2. The molecule has 12 heteroatoms. The largest absolute Gasteiger partial charge is 0.451 e. The highest BCUT2D eigenvalue weighted by atomic mass is 16.6. The number of nitrogens with zero attached hydrogens (tertiary/aromatic N) is 2. The lowest BCUT2D eigenvalue weighted by Crippen LogP contribution is -2.61. The van der Waals surface area contributed by atoms with Crippen LogP contribution in [0, 0.1) is 11.3 Å². The van der Waals surface area contributed by atoms with E-state index < -0.39 is 47.4 Å². The number of cyclic esters (lactones) is 1. The van der Waals surface area contributed by atoms with E-state index in [1.54, 1.807) is 32.9 Å². The summed E-state index contributed by atoms with van der Waals surface area (Å²) in [4.78, 5) is 58.6. The highest BCUT2D eigenvalue weighted by Crippen LogP contribution is 2.29. The van der Waals surface area contributed by atoms with Crippen LogP contribution in [0.3, 0.4) is 0 Å². The number of pyridine rings is 1. The number of carbonyl (C=O) groups excluding carboxylic acids is 4. The fourth-order valence-corrected chi connectivity index (χ4v) is 5.54. The molecule has 2 fully saturated rings. The highest BCUT2D eigenvalue weighted by Gasteiger charge is 2.43. The van der Waals surface area contributed by atoms with Crippen LogP contribution in [-0.2, 0) is 33.4 Å². The van der Waals surface area contributed by atoms with Gasteiger partial charge < -0.3 is 24.8 Å². The molecule has 1 spiro atoms. The Balaban J connectivity index is 1.54. The number of hydrogen-bond donors (Lipinski definition) is 3. The number of rotatable bonds is 1. The van der Waals surface area contributed by atoms with E-state index in [0.717, 1.165) is 16.5 Å². The third kappa shape index (κ3) is 6.92. The lowest BCUT2D eigenvalue weighted by molar-refractivity contribution is -0.170. The van der Waals surface area contributed by atoms with Crippen molar-refractivity contribution >= 4 is 40.7 Å². The Labute approximate surface area is 256 Å². The van der Waals surface area contributed by atoms with Gasteiger partial charge in [-0.15, -0.1) is 0 Å². The minimum Gasteiger partial charge on any atom is -0.451 e. The molecule has 3 amide bonds. The first-order chi connectivity index (χ1) is 21.1. The van der Waals surface area contributed by atoms with Crippen molar-refractivity contribution in [3.63, 3.8) is 0 Å². The zero-order valence-electron chi connectivity index (χ0n) is 25.6. The quantitative estimate of drug-likeness (QED) is 0.414. The molecule has 4 heterocycles. The SMILES string of the molecule is CC(C)[C@@H]1OC(=O)C2(/C=C/c3ccc4ccc(nc4c3)[C@@H](C)NC(=O)[C@@H]3CCCN(N3)C(=O)[C@H](C)NC1=O)COCCOC2. The van der Waals surface area contributed by atoms with Crippen LogP contribution in [0.4, 0.5) is 0 Å². The van der Waals surface area contributed by atoms with Gasteiger partial charge in [-0.1, -0.05) is 44.2 Å². The van der Waals surface area contributed by atoms with Crippen LogP contribution in [0.25, 0.3) is 17.0 Å². The second-order valence-corrected chi connectivity index (χ2v) is 12.1. The predicted molar refractivity (Wildman–Crippen MR) is 162 cm³/mol. The number of fused-ring (bicyclic) bond motifs is 4. The summed E-state index contributed by atoms with van der Waals surface area (Å²) in [5, 5.41) is 8.02. The van der Waals surface area contributed by atoms with Gasteiger partial charge in [-0.05, 0) is 50.3 Å². The van der Waals surface area contributed by atoms with Crippen LogP contribution < -0.4 is 16.1 Å². The number of aromatic nitrogens is 1. The van der Waals surface area contributed by atoms with Gasteiger partial charge in [0.25, 0.3) is 11.8 Å².